The van der Waals surface area contributed by atoms with Crippen LogP contribution in [0.3, 0.4) is 0 Å². The van der Waals surface area contributed by atoms with Crippen LogP contribution >= 0.6 is 23.6 Å². The van der Waals surface area contributed by atoms with Gasteiger partial charge in [-0.2, -0.15) is 0 Å². The average molecular weight is 353 g/mol. The molecule has 0 radical (unpaired) electrons. The Balaban J connectivity index is 1.72. The fraction of sp³-hybridized carbons (Fsp3) is 0.647. The Kier molecular flexibility index (Phi) is 5.21. The second kappa shape index (κ2) is 7.18. The highest BCUT2D eigenvalue weighted by Gasteiger charge is 2.28. The van der Waals surface area contributed by atoms with Crippen LogP contribution in [-0.4, -0.2) is 24.2 Å². The number of carbonyl (C=O) groups excluding carboxylic acids is 1. The van der Waals surface area contributed by atoms with E-state index >= 15 is 0 Å². The number of anilines is 1. The zero-order valence-electron chi connectivity index (χ0n) is 13.7. The molecule has 23 heavy (non-hydrogen) atoms. The Morgan fingerprint density at radius 2 is 2.04 bits per heavy atom. The molecule has 4 nitrogen and oxygen atoms in total. The number of carbonyl (C=O) groups is 1. The Morgan fingerprint density at radius 1 is 1.26 bits per heavy atom. The smallest absolute Gasteiger partial charge is 0.341 e. The van der Waals surface area contributed by atoms with Crippen molar-refractivity contribution in [2.75, 3.05) is 12.4 Å². The van der Waals surface area contributed by atoms with Gasteiger partial charge < -0.3 is 15.4 Å². The first-order chi connectivity index (χ1) is 11.1. The molecular formula is C17H24N2O2S2. The molecule has 0 bridgehead atoms. The number of rotatable bonds is 3. The van der Waals surface area contributed by atoms with Crippen molar-refractivity contribution >= 4 is 39.6 Å². The van der Waals surface area contributed by atoms with Crippen molar-refractivity contribution in [2.24, 2.45) is 5.92 Å². The highest BCUT2D eigenvalue weighted by molar-refractivity contribution is 7.80. The zero-order valence-corrected chi connectivity index (χ0v) is 15.4. The van der Waals surface area contributed by atoms with E-state index in [9.17, 15) is 4.79 Å². The Hall–Kier alpha value is -1.14. The molecule has 0 spiro atoms. The number of fused-ring (bicyclic) bond motifs is 1. The molecule has 0 saturated heterocycles. The molecule has 3 rings (SSSR count). The molecule has 0 amide bonds. The second-order valence-electron chi connectivity index (χ2n) is 6.52. The van der Waals surface area contributed by atoms with E-state index in [0.717, 1.165) is 36.2 Å². The van der Waals surface area contributed by atoms with Crippen molar-refractivity contribution in [2.45, 2.75) is 57.9 Å². The van der Waals surface area contributed by atoms with Crippen LogP contribution in [0.2, 0.25) is 0 Å². The van der Waals surface area contributed by atoms with E-state index in [-0.39, 0.29) is 5.97 Å². The average Bonchev–Trinajstić information content (AvgIpc) is 3.09. The zero-order chi connectivity index (χ0) is 16.4. The maximum Gasteiger partial charge on any atom is 0.341 e. The molecule has 2 N–H and O–H groups in total. The minimum atomic E-state index is -0.263. The quantitative estimate of drug-likeness (QED) is 0.638. The minimum Gasteiger partial charge on any atom is -0.465 e. The van der Waals surface area contributed by atoms with Crippen molar-refractivity contribution < 1.29 is 9.53 Å². The lowest BCUT2D eigenvalue weighted by Crippen LogP contribution is -2.43. The molecule has 0 aromatic carbocycles. The molecule has 2 unspecified atom stereocenters. The molecule has 2 aliphatic carbocycles. The Labute approximate surface area is 147 Å². The number of methoxy groups -OCH3 is 1. The van der Waals surface area contributed by atoms with Crippen LogP contribution < -0.4 is 10.6 Å². The molecule has 126 valence electrons. The van der Waals surface area contributed by atoms with Gasteiger partial charge in [-0.15, -0.1) is 11.3 Å². The number of thiophene rings is 1. The Bertz CT molecular complexity index is 612. The van der Waals surface area contributed by atoms with Crippen LogP contribution in [0.4, 0.5) is 5.00 Å². The number of hydrogen-bond donors (Lipinski definition) is 2. The lowest BCUT2D eigenvalue weighted by Gasteiger charge is -2.30. The standard InChI is InChI=1S/C17H24N2O2S2/c1-10-6-3-4-8-12(10)18-17(22)19-15-14(16(20)21-2)11-7-5-9-13(11)23-15/h10,12H,3-9H2,1-2H3,(H2,18,19,22). The van der Waals surface area contributed by atoms with Gasteiger partial charge in [0, 0.05) is 10.9 Å². The lowest BCUT2D eigenvalue weighted by atomic mass is 9.86. The van der Waals surface area contributed by atoms with Crippen LogP contribution in [0.1, 0.15) is 59.8 Å². The number of aryl methyl sites for hydroxylation is 1. The first kappa shape index (κ1) is 16.7. The summed E-state index contributed by atoms with van der Waals surface area (Å²) < 4.78 is 4.97. The summed E-state index contributed by atoms with van der Waals surface area (Å²) >= 11 is 7.14. The van der Waals surface area contributed by atoms with Gasteiger partial charge in [0.15, 0.2) is 5.11 Å². The van der Waals surface area contributed by atoms with Crippen molar-refractivity contribution in [3.63, 3.8) is 0 Å². The van der Waals surface area contributed by atoms with Crippen molar-refractivity contribution in [3.8, 4) is 0 Å². The third kappa shape index (κ3) is 3.53. The largest absolute Gasteiger partial charge is 0.465 e. The second-order valence-corrected chi connectivity index (χ2v) is 8.03. The third-order valence-corrected chi connectivity index (χ3v) is 6.39. The molecule has 1 saturated carbocycles. The van der Waals surface area contributed by atoms with E-state index in [1.807, 2.05) is 0 Å². The van der Waals surface area contributed by atoms with Gasteiger partial charge in [-0.1, -0.05) is 19.8 Å². The number of ether oxygens (including phenoxy) is 1. The van der Waals surface area contributed by atoms with Crippen LogP contribution in [0.25, 0.3) is 0 Å². The topological polar surface area (TPSA) is 50.4 Å². The van der Waals surface area contributed by atoms with Crippen LogP contribution in [0, 0.1) is 5.92 Å². The number of nitrogens with one attached hydrogen (secondary N) is 2. The van der Waals surface area contributed by atoms with Crippen LogP contribution in [0.15, 0.2) is 0 Å². The summed E-state index contributed by atoms with van der Waals surface area (Å²) in [6.07, 6.45) is 8.10. The molecular weight excluding hydrogens is 328 g/mol. The molecule has 2 aliphatic rings. The molecule has 1 aromatic heterocycles. The highest BCUT2D eigenvalue weighted by Crippen LogP contribution is 2.39. The van der Waals surface area contributed by atoms with Gasteiger partial charge in [0.05, 0.1) is 12.7 Å². The normalized spacial score (nSPS) is 23.2. The van der Waals surface area contributed by atoms with Gasteiger partial charge in [-0.25, -0.2) is 4.79 Å². The highest BCUT2D eigenvalue weighted by atomic mass is 32.1. The monoisotopic (exact) mass is 352 g/mol. The minimum absolute atomic E-state index is 0.263. The third-order valence-electron chi connectivity index (χ3n) is 4.97. The molecule has 1 heterocycles. The van der Waals surface area contributed by atoms with E-state index in [1.54, 1.807) is 11.3 Å². The lowest BCUT2D eigenvalue weighted by molar-refractivity contribution is 0.0601. The molecule has 0 aliphatic heterocycles. The van der Waals surface area contributed by atoms with E-state index < -0.39 is 0 Å². The maximum atomic E-state index is 12.2. The summed E-state index contributed by atoms with van der Waals surface area (Å²) in [5, 5.41) is 8.16. The predicted octanol–water partition coefficient (Wildman–Crippen LogP) is 3.89. The first-order valence-electron chi connectivity index (χ1n) is 8.40. The summed E-state index contributed by atoms with van der Waals surface area (Å²) in [6, 6.07) is 0.428. The van der Waals surface area contributed by atoms with Gasteiger partial charge in [0.1, 0.15) is 5.00 Å². The van der Waals surface area contributed by atoms with Crippen LogP contribution in [-0.2, 0) is 17.6 Å². The molecule has 1 aromatic rings. The molecule has 6 heteroatoms. The summed E-state index contributed by atoms with van der Waals surface area (Å²) in [5.74, 6) is 0.373. The molecule has 2 atom stereocenters. The van der Waals surface area contributed by atoms with E-state index in [0.29, 0.717) is 22.6 Å². The summed E-state index contributed by atoms with van der Waals surface area (Å²) in [7, 11) is 1.44. The van der Waals surface area contributed by atoms with Crippen molar-refractivity contribution in [1.82, 2.24) is 5.32 Å². The van der Waals surface area contributed by atoms with Crippen molar-refractivity contribution in [3.05, 3.63) is 16.0 Å². The van der Waals surface area contributed by atoms with Gasteiger partial charge in [-0.05, 0) is 55.8 Å². The number of esters is 1. The van der Waals surface area contributed by atoms with Crippen molar-refractivity contribution in [1.29, 1.82) is 0 Å². The predicted molar refractivity (Wildman–Crippen MR) is 98.5 cm³/mol. The van der Waals surface area contributed by atoms with Gasteiger partial charge in [0.2, 0.25) is 0 Å². The summed E-state index contributed by atoms with van der Waals surface area (Å²) in [6.45, 7) is 2.28. The van der Waals surface area contributed by atoms with Gasteiger partial charge >= 0.3 is 5.97 Å². The van der Waals surface area contributed by atoms with Gasteiger partial charge in [-0.3, -0.25) is 0 Å². The van der Waals surface area contributed by atoms with E-state index in [2.05, 4.69) is 17.6 Å². The number of hydrogen-bond acceptors (Lipinski definition) is 4. The SMILES string of the molecule is COC(=O)c1c(NC(=S)NC2CCCCC2C)sc2c1CCC2. The Morgan fingerprint density at radius 3 is 2.78 bits per heavy atom. The van der Waals surface area contributed by atoms with Gasteiger partial charge in [0.25, 0.3) is 0 Å². The summed E-state index contributed by atoms with van der Waals surface area (Å²) in [5.41, 5.74) is 1.84. The first-order valence-corrected chi connectivity index (χ1v) is 9.63. The fourth-order valence-corrected chi connectivity index (χ4v) is 5.25. The maximum absolute atomic E-state index is 12.2. The van der Waals surface area contributed by atoms with E-state index in [1.165, 1.54) is 31.2 Å². The fourth-order valence-electron chi connectivity index (χ4n) is 3.65. The number of thiocarbonyl (C=S) groups is 1. The molecule has 1 fully saturated rings. The van der Waals surface area contributed by atoms with Crippen LogP contribution in [0.5, 0.6) is 0 Å². The van der Waals surface area contributed by atoms with E-state index in [4.69, 9.17) is 17.0 Å². The summed E-state index contributed by atoms with van der Waals surface area (Å²) in [4.78, 5) is 13.5.